The molecule has 0 aromatic carbocycles. The Morgan fingerprint density at radius 3 is 2.40 bits per heavy atom. The fourth-order valence-electron chi connectivity index (χ4n) is 4.88. The van der Waals surface area contributed by atoms with Gasteiger partial charge >= 0.3 is 0 Å². The Morgan fingerprint density at radius 1 is 1.00 bits per heavy atom. The maximum atomic E-state index is 6.65. The zero-order valence-electron chi connectivity index (χ0n) is 13.1. The van der Waals surface area contributed by atoms with E-state index in [9.17, 15) is 0 Å². The summed E-state index contributed by atoms with van der Waals surface area (Å²) in [6.45, 7) is 2.33. The van der Waals surface area contributed by atoms with E-state index >= 15 is 0 Å². The quantitative estimate of drug-likeness (QED) is 0.608. The van der Waals surface area contributed by atoms with Crippen molar-refractivity contribution in [3.05, 3.63) is 0 Å². The fourth-order valence-corrected chi connectivity index (χ4v) is 5.40. The predicted molar refractivity (Wildman–Crippen MR) is 85.3 cm³/mol. The smallest absolute Gasteiger partial charge is 0.0663 e. The molecule has 116 valence electrons. The van der Waals surface area contributed by atoms with Crippen LogP contribution in [0, 0.1) is 11.3 Å². The van der Waals surface area contributed by atoms with E-state index in [-0.39, 0.29) is 0 Å². The van der Waals surface area contributed by atoms with Crippen molar-refractivity contribution < 1.29 is 4.74 Å². The zero-order chi connectivity index (χ0) is 14.0. The third-order valence-electron chi connectivity index (χ3n) is 6.39. The largest absolute Gasteiger partial charge is 0.374 e. The predicted octanol–water partition coefficient (Wildman–Crippen LogP) is 5.69. The molecule has 3 aliphatic carbocycles. The summed E-state index contributed by atoms with van der Waals surface area (Å²) >= 11 is 6.65. The summed E-state index contributed by atoms with van der Waals surface area (Å²) in [5.41, 5.74) is 0.344. The lowest BCUT2D eigenvalue weighted by Crippen LogP contribution is -2.56. The van der Waals surface area contributed by atoms with Gasteiger partial charge in [0.25, 0.3) is 0 Å². The van der Waals surface area contributed by atoms with Crippen LogP contribution in [0.3, 0.4) is 0 Å². The van der Waals surface area contributed by atoms with Gasteiger partial charge in [-0.3, -0.25) is 0 Å². The number of alkyl halides is 1. The summed E-state index contributed by atoms with van der Waals surface area (Å²) in [5.74, 6) is 0.908. The highest BCUT2D eigenvalue weighted by molar-refractivity contribution is 6.21. The van der Waals surface area contributed by atoms with Gasteiger partial charge in [-0.05, 0) is 38.0 Å². The molecule has 0 aliphatic heterocycles. The van der Waals surface area contributed by atoms with Crippen LogP contribution in [0.15, 0.2) is 0 Å². The Bertz CT molecular complexity index is 309. The van der Waals surface area contributed by atoms with E-state index < -0.39 is 0 Å². The van der Waals surface area contributed by atoms with E-state index in [0.717, 1.165) is 12.3 Å². The van der Waals surface area contributed by atoms with Gasteiger partial charge in [0.05, 0.1) is 12.2 Å². The van der Waals surface area contributed by atoms with E-state index in [1.54, 1.807) is 0 Å². The van der Waals surface area contributed by atoms with Gasteiger partial charge in [-0.15, -0.1) is 11.6 Å². The first-order valence-electron chi connectivity index (χ1n) is 9.04. The molecule has 4 unspecified atom stereocenters. The van der Waals surface area contributed by atoms with Gasteiger partial charge in [-0.25, -0.2) is 0 Å². The van der Waals surface area contributed by atoms with Crippen molar-refractivity contribution in [1.82, 2.24) is 0 Å². The second-order valence-corrected chi connectivity index (χ2v) is 8.07. The first-order chi connectivity index (χ1) is 9.74. The van der Waals surface area contributed by atoms with Crippen molar-refractivity contribution in [2.45, 2.75) is 102 Å². The summed E-state index contributed by atoms with van der Waals surface area (Å²) in [5, 5.41) is 0.385. The number of ether oxygens (including phenoxy) is 1. The van der Waals surface area contributed by atoms with Crippen molar-refractivity contribution in [3.63, 3.8) is 0 Å². The Balaban J connectivity index is 1.59. The first kappa shape index (κ1) is 15.2. The molecule has 0 N–H and O–H groups in total. The van der Waals surface area contributed by atoms with Gasteiger partial charge < -0.3 is 4.74 Å². The minimum atomic E-state index is 0.344. The highest BCUT2D eigenvalue weighted by Crippen LogP contribution is 2.55. The van der Waals surface area contributed by atoms with E-state index in [4.69, 9.17) is 16.3 Å². The second-order valence-electron chi connectivity index (χ2n) is 7.54. The molecule has 0 heterocycles. The molecule has 0 aromatic rings. The normalized spacial score (nSPS) is 41.1. The zero-order valence-corrected chi connectivity index (χ0v) is 13.8. The van der Waals surface area contributed by atoms with Crippen LogP contribution in [0.2, 0.25) is 0 Å². The summed E-state index contributed by atoms with van der Waals surface area (Å²) in [7, 11) is 0. The van der Waals surface area contributed by atoms with Crippen molar-refractivity contribution >= 4 is 11.6 Å². The molecule has 0 saturated heterocycles. The van der Waals surface area contributed by atoms with Gasteiger partial charge in [0, 0.05) is 10.8 Å². The third-order valence-corrected chi connectivity index (χ3v) is 7.00. The van der Waals surface area contributed by atoms with E-state index in [0.29, 0.717) is 23.0 Å². The molecular weight excluding hydrogens is 268 g/mol. The van der Waals surface area contributed by atoms with Gasteiger partial charge in [-0.2, -0.15) is 0 Å². The Labute approximate surface area is 129 Å². The van der Waals surface area contributed by atoms with Gasteiger partial charge in [0.15, 0.2) is 0 Å². The first-order valence-corrected chi connectivity index (χ1v) is 9.48. The molecule has 3 rings (SSSR count). The number of hydrogen-bond acceptors (Lipinski definition) is 1. The third kappa shape index (κ3) is 2.90. The molecule has 2 heteroatoms. The van der Waals surface area contributed by atoms with Crippen LogP contribution >= 0.6 is 11.6 Å². The van der Waals surface area contributed by atoms with Crippen molar-refractivity contribution in [2.75, 3.05) is 0 Å². The maximum Gasteiger partial charge on any atom is 0.0663 e. The molecule has 0 aromatic heterocycles. The van der Waals surface area contributed by atoms with Crippen LogP contribution in [0.25, 0.3) is 0 Å². The molecular formula is C18H31ClO. The van der Waals surface area contributed by atoms with Crippen molar-refractivity contribution in [3.8, 4) is 0 Å². The van der Waals surface area contributed by atoms with Crippen LogP contribution < -0.4 is 0 Å². The Hall–Kier alpha value is 0.250. The van der Waals surface area contributed by atoms with Gasteiger partial charge in [0.1, 0.15) is 0 Å². The molecule has 3 saturated carbocycles. The Morgan fingerprint density at radius 2 is 1.75 bits per heavy atom. The lowest BCUT2D eigenvalue weighted by Gasteiger charge is -2.54. The van der Waals surface area contributed by atoms with Crippen molar-refractivity contribution in [2.24, 2.45) is 11.3 Å². The highest BCUT2D eigenvalue weighted by Gasteiger charge is 2.55. The standard InChI is InChI=1S/C18H31ClO/c1-2-14-8-7-9-15(12-14)20-17-13-16(19)18(17)10-5-3-4-6-11-18/h14-17H,2-13H2,1H3. The van der Waals surface area contributed by atoms with Crippen molar-refractivity contribution in [1.29, 1.82) is 0 Å². The van der Waals surface area contributed by atoms with E-state index in [2.05, 4.69) is 6.92 Å². The van der Waals surface area contributed by atoms with Gasteiger partial charge in [-0.1, -0.05) is 51.9 Å². The molecule has 4 atom stereocenters. The monoisotopic (exact) mass is 298 g/mol. The number of halogens is 1. The van der Waals surface area contributed by atoms with Crippen LogP contribution in [-0.2, 0) is 4.74 Å². The molecule has 20 heavy (non-hydrogen) atoms. The maximum absolute atomic E-state index is 6.65. The van der Waals surface area contributed by atoms with Crippen LogP contribution in [0.4, 0.5) is 0 Å². The molecule has 0 amide bonds. The summed E-state index contributed by atoms with van der Waals surface area (Å²) in [4.78, 5) is 0. The lowest BCUT2D eigenvalue weighted by molar-refractivity contribution is -0.156. The number of rotatable bonds is 3. The average Bonchev–Trinajstić information content (AvgIpc) is 2.75. The second kappa shape index (κ2) is 6.57. The van der Waals surface area contributed by atoms with Crippen LogP contribution in [-0.4, -0.2) is 17.6 Å². The molecule has 3 fully saturated rings. The minimum absolute atomic E-state index is 0.344. The molecule has 0 radical (unpaired) electrons. The summed E-state index contributed by atoms with van der Waals surface area (Å²) < 4.78 is 6.59. The fraction of sp³-hybridized carbons (Fsp3) is 1.00. The van der Waals surface area contributed by atoms with E-state index in [1.807, 2.05) is 0 Å². The highest BCUT2D eigenvalue weighted by atomic mass is 35.5. The van der Waals surface area contributed by atoms with Crippen LogP contribution in [0.1, 0.15) is 84.0 Å². The van der Waals surface area contributed by atoms with E-state index in [1.165, 1.54) is 70.6 Å². The Kier molecular flexibility index (Phi) is 4.98. The molecule has 1 nitrogen and oxygen atoms in total. The SMILES string of the molecule is CCC1CCCC(OC2CC(Cl)C23CCCCCC3)C1. The number of hydrogen-bond donors (Lipinski definition) is 0. The van der Waals surface area contributed by atoms with Crippen LogP contribution in [0.5, 0.6) is 0 Å². The molecule has 1 spiro atoms. The van der Waals surface area contributed by atoms with Gasteiger partial charge in [0.2, 0.25) is 0 Å². The molecule has 0 bridgehead atoms. The molecule has 3 aliphatic rings. The average molecular weight is 299 g/mol. The summed E-state index contributed by atoms with van der Waals surface area (Å²) in [6, 6.07) is 0. The topological polar surface area (TPSA) is 9.23 Å². The lowest BCUT2D eigenvalue weighted by atomic mass is 9.61. The summed E-state index contributed by atoms with van der Waals surface area (Å²) in [6.07, 6.45) is 17.0. The minimum Gasteiger partial charge on any atom is -0.374 e.